The Morgan fingerprint density at radius 2 is 2.45 bits per heavy atom. The molecule has 11 heavy (non-hydrogen) atoms. The molecule has 0 aromatic carbocycles. The Bertz CT molecular complexity index is 271. The van der Waals surface area contributed by atoms with E-state index in [-0.39, 0.29) is 0 Å². The molecule has 3 nitrogen and oxygen atoms in total. The van der Waals surface area contributed by atoms with Crippen LogP contribution in [0.3, 0.4) is 0 Å². The number of rotatable bonds is 1. The number of allylic oxidation sites excluding steroid dienone is 5. The van der Waals surface area contributed by atoms with Crippen molar-refractivity contribution in [3.8, 4) is 0 Å². The molecule has 0 spiro atoms. The van der Waals surface area contributed by atoms with E-state index >= 15 is 0 Å². The molecule has 0 aromatic heterocycles. The second-order valence-corrected chi connectivity index (χ2v) is 1.98. The van der Waals surface area contributed by atoms with Gasteiger partial charge in [-0.3, -0.25) is 0 Å². The maximum atomic E-state index is 12.8. The van der Waals surface area contributed by atoms with Crippen molar-refractivity contribution in [2.45, 2.75) is 6.17 Å². The van der Waals surface area contributed by atoms with E-state index < -0.39 is 6.17 Å². The monoisotopic (exact) mass is 151 g/mol. The van der Waals surface area contributed by atoms with Crippen LogP contribution in [0.2, 0.25) is 0 Å². The molecule has 1 aliphatic rings. The topological polar surface area (TPSA) is 48.8 Å². The average Bonchev–Trinajstić information content (AvgIpc) is 2.03. The average molecular weight is 151 g/mol. The highest BCUT2D eigenvalue weighted by atomic mass is 19.1. The van der Waals surface area contributed by atoms with Gasteiger partial charge in [-0.15, -0.1) is 0 Å². The van der Waals surface area contributed by atoms with Gasteiger partial charge in [-0.2, -0.15) is 0 Å². The van der Waals surface area contributed by atoms with Crippen molar-refractivity contribution >= 4 is 0 Å². The summed E-state index contributed by atoms with van der Waals surface area (Å²) in [5.74, 6) is 0. The minimum Gasteiger partial charge on any atom is -0.238 e. The number of alkyl halides is 1. The summed E-state index contributed by atoms with van der Waals surface area (Å²) in [6.45, 7) is 0. The maximum absolute atomic E-state index is 12.8. The molecule has 0 saturated carbocycles. The quantitative estimate of drug-likeness (QED) is 0.314. The normalized spacial score (nSPS) is 25.2. The third kappa shape index (κ3) is 1.95. The van der Waals surface area contributed by atoms with Crippen LogP contribution in [0.5, 0.6) is 0 Å². The fraction of sp³-hybridized carbons (Fsp3) is 0.143. The van der Waals surface area contributed by atoms with Crippen LogP contribution in [0, 0.1) is 0 Å². The molecular formula is C7H6FN3. The smallest absolute Gasteiger partial charge is 0.144 e. The zero-order valence-electron chi connectivity index (χ0n) is 5.68. The van der Waals surface area contributed by atoms with Gasteiger partial charge in [-0.25, -0.2) is 4.39 Å². The van der Waals surface area contributed by atoms with Gasteiger partial charge in [0.15, 0.2) is 0 Å². The predicted molar refractivity (Wildman–Crippen MR) is 40.4 cm³/mol. The molecule has 0 heterocycles. The molecule has 0 saturated heterocycles. The standard InChI is InChI=1S/C7H6FN3/c8-7-4-2-1-3-6(7)5-10-11-9/h1-5,7H. The van der Waals surface area contributed by atoms with Crippen molar-refractivity contribution < 1.29 is 4.39 Å². The fourth-order valence-corrected chi connectivity index (χ4v) is 0.738. The maximum Gasteiger partial charge on any atom is 0.144 e. The summed E-state index contributed by atoms with van der Waals surface area (Å²) in [6, 6.07) is 0. The first kappa shape index (κ1) is 7.57. The van der Waals surface area contributed by atoms with E-state index in [4.69, 9.17) is 5.53 Å². The molecule has 4 heteroatoms. The molecule has 0 amide bonds. The lowest BCUT2D eigenvalue weighted by molar-refractivity contribution is 0.454. The Balaban J connectivity index is 2.80. The van der Waals surface area contributed by atoms with E-state index in [2.05, 4.69) is 10.0 Å². The molecule has 0 aliphatic heterocycles. The van der Waals surface area contributed by atoms with Crippen molar-refractivity contribution in [1.29, 1.82) is 0 Å². The summed E-state index contributed by atoms with van der Waals surface area (Å²) < 4.78 is 12.8. The van der Waals surface area contributed by atoms with Crippen LogP contribution in [-0.2, 0) is 0 Å². The molecule has 0 N–H and O–H groups in total. The van der Waals surface area contributed by atoms with Gasteiger partial charge in [0.2, 0.25) is 0 Å². The molecule has 1 aliphatic carbocycles. The minimum atomic E-state index is -1.15. The molecule has 56 valence electrons. The summed E-state index contributed by atoms with van der Waals surface area (Å²) in [7, 11) is 0. The predicted octanol–water partition coefficient (Wildman–Crippen LogP) is 2.64. The third-order valence-corrected chi connectivity index (χ3v) is 1.26. The van der Waals surface area contributed by atoms with E-state index in [9.17, 15) is 4.39 Å². The molecule has 0 bridgehead atoms. The summed E-state index contributed by atoms with van der Waals surface area (Å²) in [6.07, 6.45) is 6.28. The van der Waals surface area contributed by atoms with Gasteiger partial charge in [-0.1, -0.05) is 23.3 Å². The van der Waals surface area contributed by atoms with Crippen molar-refractivity contribution in [3.63, 3.8) is 0 Å². The first-order valence-electron chi connectivity index (χ1n) is 3.08. The Morgan fingerprint density at radius 3 is 3.09 bits per heavy atom. The van der Waals surface area contributed by atoms with Gasteiger partial charge in [0.25, 0.3) is 0 Å². The number of nitrogens with zero attached hydrogens (tertiary/aromatic N) is 3. The van der Waals surface area contributed by atoms with Crippen molar-refractivity contribution in [3.05, 3.63) is 46.5 Å². The third-order valence-electron chi connectivity index (χ3n) is 1.26. The van der Waals surface area contributed by atoms with Crippen molar-refractivity contribution in [2.24, 2.45) is 5.11 Å². The van der Waals surface area contributed by atoms with Gasteiger partial charge in [-0.05, 0) is 17.2 Å². The lowest BCUT2D eigenvalue weighted by Gasteiger charge is -2.05. The number of hydrogen-bond acceptors (Lipinski definition) is 1. The van der Waals surface area contributed by atoms with Crippen LogP contribution >= 0.6 is 0 Å². The van der Waals surface area contributed by atoms with Crippen LogP contribution in [0.1, 0.15) is 0 Å². The molecule has 0 radical (unpaired) electrons. The Hall–Kier alpha value is -1.54. The lowest BCUT2D eigenvalue weighted by Crippen LogP contribution is -1.99. The van der Waals surface area contributed by atoms with Crippen LogP contribution in [-0.4, -0.2) is 6.17 Å². The van der Waals surface area contributed by atoms with Crippen LogP contribution < -0.4 is 0 Å². The minimum absolute atomic E-state index is 0.380. The number of hydrogen-bond donors (Lipinski definition) is 0. The molecule has 0 aromatic rings. The van der Waals surface area contributed by atoms with Gasteiger partial charge >= 0.3 is 0 Å². The Morgan fingerprint density at radius 1 is 1.64 bits per heavy atom. The van der Waals surface area contributed by atoms with Crippen molar-refractivity contribution in [1.82, 2.24) is 0 Å². The second-order valence-electron chi connectivity index (χ2n) is 1.98. The second kappa shape index (κ2) is 3.58. The highest BCUT2D eigenvalue weighted by molar-refractivity contribution is 5.34. The molecule has 0 fully saturated rings. The summed E-state index contributed by atoms with van der Waals surface area (Å²) in [5, 5.41) is 3.14. The number of azide groups is 1. The van der Waals surface area contributed by atoms with E-state index in [1.807, 2.05) is 0 Å². The first-order valence-corrected chi connectivity index (χ1v) is 3.08. The number of halogens is 1. The zero-order valence-corrected chi connectivity index (χ0v) is 5.68. The highest BCUT2D eigenvalue weighted by Gasteiger charge is 2.06. The fourth-order valence-electron chi connectivity index (χ4n) is 0.738. The summed E-state index contributed by atoms with van der Waals surface area (Å²) >= 11 is 0. The van der Waals surface area contributed by atoms with E-state index in [1.54, 1.807) is 18.2 Å². The Kier molecular flexibility index (Phi) is 2.47. The van der Waals surface area contributed by atoms with E-state index in [1.165, 1.54) is 12.3 Å². The van der Waals surface area contributed by atoms with Gasteiger partial charge in [0.1, 0.15) is 6.17 Å². The SMILES string of the molecule is [N-]=[N+]=NC=C1C=CC=CC1F. The molecule has 1 unspecified atom stereocenters. The molecular weight excluding hydrogens is 145 g/mol. The van der Waals surface area contributed by atoms with Gasteiger partial charge in [0.05, 0.1) is 0 Å². The van der Waals surface area contributed by atoms with Crippen LogP contribution in [0.25, 0.3) is 10.4 Å². The molecule has 1 atom stereocenters. The van der Waals surface area contributed by atoms with Crippen LogP contribution in [0.4, 0.5) is 4.39 Å². The largest absolute Gasteiger partial charge is 0.238 e. The Labute approximate surface area is 63.2 Å². The van der Waals surface area contributed by atoms with Gasteiger partial charge in [0, 0.05) is 11.1 Å². The summed E-state index contributed by atoms with van der Waals surface area (Å²) in [4.78, 5) is 2.49. The lowest BCUT2D eigenvalue weighted by atomic mass is 10.1. The van der Waals surface area contributed by atoms with E-state index in [0.29, 0.717) is 5.57 Å². The van der Waals surface area contributed by atoms with E-state index in [0.717, 1.165) is 0 Å². The van der Waals surface area contributed by atoms with Crippen LogP contribution in [0.15, 0.2) is 41.2 Å². The van der Waals surface area contributed by atoms with Gasteiger partial charge < -0.3 is 0 Å². The highest BCUT2D eigenvalue weighted by Crippen LogP contribution is 2.14. The van der Waals surface area contributed by atoms with Crippen molar-refractivity contribution in [2.75, 3.05) is 0 Å². The zero-order chi connectivity index (χ0) is 8.10. The first-order chi connectivity index (χ1) is 5.34. The summed E-state index contributed by atoms with van der Waals surface area (Å²) in [5.41, 5.74) is 8.31. The molecule has 1 rings (SSSR count).